The van der Waals surface area contributed by atoms with Crippen LogP contribution in [0.3, 0.4) is 0 Å². The van der Waals surface area contributed by atoms with Gasteiger partial charge in [-0.3, -0.25) is 0 Å². The fraction of sp³-hybridized carbons (Fsp3) is 0.0769. The van der Waals surface area contributed by atoms with E-state index in [-0.39, 0.29) is 9.92 Å². The van der Waals surface area contributed by atoms with E-state index >= 15 is 0 Å². The molecule has 0 amide bonds. The maximum Gasteiger partial charge on any atom is 0.177 e. The van der Waals surface area contributed by atoms with Gasteiger partial charge < -0.3 is 11.1 Å². The molecule has 2 aromatic carbocycles. The van der Waals surface area contributed by atoms with Crippen LogP contribution in [0.1, 0.15) is 0 Å². The zero-order valence-electron chi connectivity index (χ0n) is 10.1. The maximum absolute atomic E-state index is 11.5. The van der Waals surface area contributed by atoms with Crippen LogP contribution in [0.5, 0.6) is 0 Å². The van der Waals surface area contributed by atoms with E-state index in [9.17, 15) is 8.42 Å². The molecule has 2 aromatic rings. The lowest BCUT2D eigenvalue weighted by Gasteiger charge is -2.12. The van der Waals surface area contributed by atoms with Crippen LogP contribution in [-0.2, 0) is 9.84 Å². The first-order valence-electron chi connectivity index (χ1n) is 5.40. The zero-order valence-corrected chi connectivity index (χ0v) is 11.7. The molecule has 0 saturated carbocycles. The Kier molecular flexibility index (Phi) is 3.68. The summed E-state index contributed by atoms with van der Waals surface area (Å²) in [6, 6.07) is 13.0. The molecule has 99 valence electrons. The minimum absolute atomic E-state index is 0.0249. The number of rotatable bonds is 3. The van der Waals surface area contributed by atoms with Crippen LogP contribution in [0.2, 0.25) is 5.02 Å². The van der Waals surface area contributed by atoms with Crippen LogP contribution in [0.4, 0.5) is 17.1 Å². The van der Waals surface area contributed by atoms with Gasteiger partial charge in [0.1, 0.15) is 0 Å². The molecule has 0 saturated heterocycles. The molecule has 19 heavy (non-hydrogen) atoms. The molecule has 0 aliphatic rings. The molecule has 2 rings (SSSR count). The van der Waals surface area contributed by atoms with Crippen molar-refractivity contribution >= 4 is 38.5 Å². The van der Waals surface area contributed by atoms with E-state index in [0.717, 1.165) is 11.9 Å². The Bertz CT molecular complexity index is 700. The summed E-state index contributed by atoms with van der Waals surface area (Å²) in [5, 5.41) is 3.19. The maximum atomic E-state index is 11.5. The van der Waals surface area contributed by atoms with Gasteiger partial charge in [-0.1, -0.05) is 23.7 Å². The number of halogens is 1. The highest BCUT2D eigenvalue weighted by atomic mass is 35.5. The minimum Gasteiger partial charge on any atom is -0.397 e. The lowest BCUT2D eigenvalue weighted by atomic mass is 10.2. The first kappa shape index (κ1) is 13.7. The van der Waals surface area contributed by atoms with Gasteiger partial charge in [0.15, 0.2) is 9.84 Å². The molecule has 0 fully saturated rings. The molecule has 6 heteroatoms. The number of hydrogen-bond donors (Lipinski definition) is 2. The van der Waals surface area contributed by atoms with E-state index in [4.69, 9.17) is 17.3 Å². The smallest absolute Gasteiger partial charge is 0.177 e. The Morgan fingerprint density at radius 1 is 1.37 bits per heavy atom. The molecular formula is C13H12ClN2O2S. The molecule has 1 radical (unpaired) electrons. The molecule has 0 spiro atoms. The van der Waals surface area contributed by atoms with Crippen molar-refractivity contribution in [3.63, 3.8) is 0 Å². The predicted molar refractivity (Wildman–Crippen MR) is 77.5 cm³/mol. The third kappa shape index (κ3) is 3.19. The molecule has 4 nitrogen and oxygen atoms in total. The SMILES string of the molecule is CS(=O)(=O)c1cc(N)c(Nc2c[c]ccc2)cc1Cl. The number of benzene rings is 2. The second-order valence-electron chi connectivity index (χ2n) is 4.06. The Hall–Kier alpha value is -1.72. The van der Waals surface area contributed by atoms with Crippen molar-refractivity contribution in [3.8, 4) is 0 Å². The van der Waals surface area contributed by atoms with Crippen LogP contribution in [-0.4, -0.2) is 14.7 Å². The zero-order chi connectivity index (χ0) is 14.0. The summed E-state index contributed by atoms with van der Waals surface area (Å²) in [6.07, 6.45) is 1.09. The van der Waals surface area contributed by atoms with E-state index in [1.54, 1.807) is 12.1 Å². The number of nitrogens with one attached hydrogen (secondary N) is 1. The van der Waals surface area contributed by atoms with Gasteiger partial charge in [-0.15, -0.1) is 0 Å². The summed E-state index contributed by atoms with van der Waals surface area (Å²) in [5.74, 6) is 0. The fourth-order valence-corrected chi connectivity index (χ4v) is 2.93. The lowest BCUT2D eigenvalue weighted by molar-refractivity contribution is 0.602. The van der Waals surface area contributed by atoms with Crippen LogP contribution < -0.4 is 11.1 Å². The molecule has 0 aliphatic heterocycles. The molecule has 0 unspecified atom stereocenters. The number of sulfone groups is 1. The van der Waals surface area contributed by atoms with E-state index in [1.165, 1.54) is 12.1 Å². The van der Waals surface area contributed by atoms with Crippen molar-refractivity contribution < 1.29 is 8.42 Å². The summed E-state index contributed by atoms with van der Waals surface area (Å²) in [6.45, 7) is 0. The quantitative estimate of drug-likeness (QED) is 0.854. The van der Waals surface area contributed by atoms with Gasteiger partial charge in [-0.05, 0) is 30.3 Å². The van der Waals surface area contributed by atoms with E-state index in [0.29, 0.717) is 11.4 Å². The second-order valence-corrected chi connectivity index (χ2v) is 6.45. The van der Waals surface area contributed by atoms with Gasteiger partial charge in [0.05, 0.1) is 21.3 Å². The molecule has 0 aromatic heterocycles. The highest BCUT2D eigenvalue weighted by Gasteiger charge is 2.15. The number of hydrogen-bond acceptors (Lipinski definition) is 4. The first-order valence-corrected chi connectivity index (χ1v) is 7.67. The fourth-order valence-electron chi connectivity index (χ4n) is 1.59. The average molecular weight is 296 g/mol. The average Bonchev–Trinajstić information content (AvgIpc) is 2.33. The number of anilines is 3. The van der Waals surface area contributed by atoms with Crippen LogP contribution in [0.25, 0.3) is 0 Å². The van der Waals surface area contributed by atoms with Gasteiger partial charge >= 0.3 is 0 Å². The molecule has 0 bridgehead atoms. The third-order valence-electron chi connectivity index (χ3n) is 2.49. The van der Waals surface area contributed by atoms with Crippen molar-refractivity contribution in [3.05, 3.63) is 47.5 Å². The molecule has 0 heterocycles. The summed E-state index contributed by atoms with van der Waals surface area (Å²) in [7, 11) is -3.39. The van der Waals surface area contributed by atoms with Gasteiger partial charge in [0.2, 0.25) is 0 Å². The van der Waals surface area contributed by atoms with Gasteiger partial charge in [-0.25, -0.2) is 8.42 Å². The molecule has 0 aliphatic carbocycles. The number of nitrogen functional groups attached to an aromatic ring is 1. The minimum atomic E-state index is -3.39. The molecular weight excluding hydrogens is 284 g/mol. The summed E-state index contributed by atoms with van der Waals surface area (Å²) >= 11 is 5.97. The van der Waals surface area contributed by atoms with Crippen LogP contribution in [0.15, 0.2) is 41.3 Å². The molecule has 3 N–H and O–H groups in total. The van der Waals surface area contributed by atoms with E-state index in [2.05, 4.69) is 11.4 Å². The topological polar surface area (TPSA) is 72.2 Å². The number of nitrogens with two attached hydrogens (primary N) is 1. The van der Waals surface area contributed by atoms with Crippen molar-refractivity contribution in [2.24, 2.45) is 0 Å². The van der Waals surface area contributed by atoms with Crippen molar-refractivity contribution in [2.45, 2.75) is 4.90 Å². The van der Waals surface area contributed by atoms with Gasteiger partial charge in [-0.2, -0.15) is 0 Å². The lowest BCUT2D eigenvalue weighted by Crippen LogP contribution is -2.02. The predicted octanol–water partition coefficient (Wildman–Crippen LogP) is 2.87. The highest BCUT2D eigenvalue weighted by Crippen LogP contribution is 2.32. The third-order valence-corrected chi connectivity index (χ3v) is 4.05. The van der Waals surface area contributed by atoms with E-state index < -0.39 is 9.84 Å². The summed E-state index contributed by atoms with van der Waals surface area (Å²) in [5.41, 5.74) is 7.49. The molecule has 0 atom stereocenters. The Morgan fingerprint density at radius 3 is 2.68 bits per heavy atom. The van der Waals surface area contributed by atoms with Crippen LogP contribution >= 0.6 is 11.6 Å². The largest absolute Gasteiger partial charge is 0.397 e. The Morgan fingerprint density at radius 2 is 2.11 bits per heavy atom. The van der Waals surface area contributed by atoms with Crippen molar-refractivity contribution in [2.75, 3.05) is 17.3 Å². The van der Waals surface area contributed by atoms with Gasteiger partial charge in [0, 0.05) is 11.9 Å². The van der Waals surface area contributed by atoms with Crippen molar-refractivity contribution in [1.29, 1.82) is 0 Å². The highest BCUT2D eigenvalue weighted by molar-refractivity contribution is 7.90. The normalized spacial score (nSPS) is 11.3. The Balaban J connectivity index is 2.42. The second kappa shape index (κ2) is 5.11. The van der Waals surface area contributed by atoms with E-state index in [1.807, 2.05) is 12.1 Å². The summed E-state index contributed by atoms with van der Waals surface area (Å²) in [4.78, 5) is 0.0249. The first-order chi connectivity index (χ1) is 8.88. The summed E-state index contributed by atoms with van der Waals surface area (Å²) < 4.78 is 23.0. The monoisotopic (exact) mass is 295 g/mol. The standard InChI is InChI=1S/C13H12ClN2O2S/c1-19(17,18)13-8-11(15)12(7-10(13)14)16-9-5-3-2-4-6-9/h2-3,5-8,16H,15H2,1H3. The van der Waals surface area contributed by atoms with Crippen molar-refractivity contribution in [1.82, 2.24) is 0 Å². The van der Waals surface area contributed by atoms with Gasteiger partial charge in [0.25, 0.3) is 0 Å². The Labute approximate surface area is 117 Å². The van der Waals surface area contributed by atoms with Crippen LogP contribution in [0, 0.1) is 6.07 Å².